The normalized spacial score (nSPS) is 16.7. The summed E-state index contributed by atoms with van der Waals surface area (Å²) < 4.78 is 7.91. The first-order valence-corrected chi connectivity index (χ1v) is 7.41. The van der Waals surface area contributed by atoms with Gasteiger partial charge >= 0.3 is 0 Å². The molecule has 0 spiro atoms. The second kappa shape index (κ2) is 5.85. The lowest BCUT2D eigenvalue weighted by Crippen LogP contribution is -2.43. The number of methoxy groups -OCH3 is 1. The Labute approximate surface area is 120 Å². The van der Waals surface area contributed by atoms with Crippen LogP contribution in [0.3, 0.4) is 0 Å². The Kier molecular flexibility index (Phi) is 3.94. The summed E-state index contributed by atoms with van der Waals surface area (Å²) in [7, 11) is 1.75. The van der Waals surface area contributed by atoms with Crippen LogP contribution in [-0.2, 0) is 13.1 Å². The van der Waals surface area contributed by atoms with Crippen LogP contribution >= 0.6 is 0 Å². The molecule has 1 aliphatic heterocycles. The lowest BCUT2D eigenvalue weighted by atomic mass is 10.2. The number of nitrogens with zero attached hydrogens (tertiary/aromatic N) is 2. The molecule has 0 atom stereocenters. The highest BCUT2D eigenvalue weighted by molar-refractivity contribution is 5.87. The van der Waals surface area contributed by atoms with Gasteiger partial charge in [0, 0.05) is 50.3 Å². The van der Waals surface area contributed by atoms with Crippen LogP contribution in [0.1, 0.15) is 12.6 Å². The molecule has 108 valence electrons. The van der Waals surface area contributed by atoms with Crippen molar-refractivity contribution in [2.45, 2.75) is 20.0 Å². The van der Waals surface area contributed by atoms with Crippen molar-refractivity contribution in [3.8, 4) is 5.75 Å². The van der Waals surface area contributed by atoms with Crippen LogP contribution in [0.25, 0.3) is 10.9 Å². The van der Waals surface area contributed by atoms with Gasteiger partial charge in [-0.15, -0.1) is 0 Å². The first-order chi connectivity index (χ1) is 9.83. The highest BCUT2D eigenvalue weighted by Gasteiger charge is 2.15. The molecule has 1 fully saturated rings. The van der Waals surface area contributed by atoms with Gasteiger partial charge in [-0.1, -0.05) is 12.1 Å². The first kappa shape index (κ1) is 13.5. The second-order valence-electron chi connectivity index (χ2n) is 5.30. The van der Waals surface area contributed by atoms with Gasteiger partial charge in [-0.25, -0.2) is 0 Å². The molecule has 1 aromatic carbocycles. The molecule has 2 heterocycles. The first-order valence-electron chi connectivity index (χ1n) is 7.41. The number of hydrogen-bond acceptors (Lipinski definition) is 3. The second-order valence-corrected chi connectivity index (χ2v) is 5.30. The van der Waals surface area contributed by atoms with Gasteiger partial charge in [-0.3, -0.25) is 4.90 Å². The summed E-state index contributed by atoms with van der Waals surface area (Å²) in [5.74, 6) is 0.968. The molecule has 0 radical (unpaired) electrons. The predicted molar refractivity (Wildman–Crippen MR) is 82.3 cm³/mol. The molecule has 3 rings (SSSR count). The zero-order chi connectivity index (χ0) is 13.9. The third kappa shape index (κ3) is 2.41. The van der Waals surface area contributed by atoms with Crippen molar-refractivity contribution in [2.24, 2.45) is 0 Å². The molecule has 1 aromatic heterocycles. The molecule has 20 heavy (non-hydrogen) atoms. The summed E-state index contributed by atoms with van der Waals surface area (Å²) in [6.45, 7) is 8.64. The maximum absolute atomic E-state index is 5.53. The molecule has 4 heteroatoms. The number of piperazine rings is 1. The van der Waals surface area contributed by atoms with Crippen molar-refractivity contribution in [1.82, 2.24) is 14.8 Å². The minimum absolute atomic E-state index is 0.968. The van der Waals surface area contributed by atoms with Gasteiger partial charge in [0.05, 0.1) is 12.6 Å². The average molecular weight is 273 g/mol. The van der Waals surface area contributed by atoms with Crippen LogP contribution < -0.4 is 10.1 Å². The Morgan fingerprint density at radius 2 is 2.05 bits per heavy atom. The summed E-state index contributed by atoms with van der Waals surface area (Å²) in [6, 6.07) is 8.59. The van der Waals surface area contributed by atoms with Crippen LogP contribution in [0.5, 0.6) is 5.75 Å². The summed E-state index contributed by atoms with van der Waals surface area (Å²) in [5, 5.41) is 4.68. The van der Waals surface area contributed by atoms with Crippen molar-refractivity contribution in [3.63, 3.8) is 0 Å². The largest absolute Gasteiger partial charge is 0.495 e. The van der Waals surface area contributed by atoms with Gasteiger partial charge in [-0.2, -0.15) is 0 Å². The Bertz CT molecular complexity index is 585. The summed E-state index contributed by atoms with van der Waals surface area (Å²) >= 11 is 0. The van der Waals surface area contributed by atoms with E-state index in [4.69, 9.17) is 4.74 Å². The minimum atomic E-state index is 0.968. The summed E-state index contributed by atoms with van der Waals surface area (Å²) in [6.07, 6.45) is 0. The van der Waals surface area contributed by atoms with E-state index in [2.05, 4.69) is 39.9 Å². The van der Waals surface area contributed by atoms with Gasteiger partial charge in [0.2, 0.25) is 0 Å². The molecule has 1 N–H and O–H groups in total. The number of ether oxygens (including phenoxy) is 1. The number of benzene rings is 1. The lowest BCUT2D eigenvalue weighted by molar-refractivity contribution is 0.228. The Balaban J connectivity index is 1.97. The minimum Gasteiger partial charge on any atom is -0.495 e. The van der Waals surface area contributed by atoms with Crippen LogP contribution in [0.2, 0.25) is 0 Å². The van der Waals surface area contributed by atoms with Crippen molar-refractivity contribution in [3.05, 3.63) is 30.0 Å². The molecular formula is C16H23N3O. The Morgan fingerprint density at radius 3 is 2.75 bits per heavy atom. The van der Waals surface area contributed by atoms with Crippen LogP contribution in [0.15, 0.2) is 24.3 Å². The molecule has 1 aliphatic rings. The van der Waals surface area contributed by atoms with Crippen molar-refractivity contribution in [1.29, 1.82) is 0 Å². The van der Waals surface area contributed by atoms with Crippen LogP contribution in [0, 0.1) is 0 Å². The van der Waals surface area contributed by atoms with E-state index in [1.54, 1.807) is 7.11 Å². The molecule has 0 saturated carbocycles. The molecule has 0 aliphatic carbocycles. The van der Waals surface area contributed by atoms with E-state index < -0.39 is 0 Å². The molecule has 1 saturated heterocycles. The fourth-order valence-corrected chi connectivity index (χ4v) is 3.10. The zero-order valence-corrected chi connectivity index (χ0v) is 12.4. The Morgan fingerprint density at radius 1 is 1.25 bits per heavy atom. The van der Waals surface area contributed by atoms with Crippen LogP contribution in [-0.4, -0.2) is 42.8 Å². The fraction of sp³-hybridized carbons (Fsp3) is 0.500. The van der Waals surface area contributed by atoms with Crippen molar-refractivity contribution >= 4 is 10.9 Å². The maximum atomic E-state index is 5.53. The third-order valence-electron chi connectivity index (χ3n) is 4.10. The number of aryl methyl sites for hydroxylation is 1. The lowest BCUT2D eigenvalue weighted by Gasteiger charge is -2.27. The van der Waals surface area contributed by atoms with Gasteiger partial charge < -0.3 is 14.6 Å². The maximum Gasteiger partial charge on any atom is 0.143 e. The van der Waals surface area contributed by atoms with E-state index in [0.717, 1.165) is 45.0 Å². The zero-order valence-electron chi connectivity index (χ0n) is 12.4. The Hall–Kier alpha value is -1.52. The monoisotopic (exact) mass is 273 g/mol. The highest BCUT2D eigenvalue weighted by atomic mass is 16.5. The number of nitrogens with one attached hydrogen (secondary N) is 1. The molecule has 2 aromatic rings. The quantitative estimate of drug-likeness (QED) is 0.925. The average Bonchev–Trinajstić information content (AvgIpc) is 2.85. The molecule has 0 bridgehead atoms. The van der Waals surface area contributed by atoms with Gasteiger partial charge in [-0.05, 0) is 19.1 Å². The molecular weight excluding hydrogens is 250 g/mol. The fourth-order valence-electron chi connectivity index (χ4n) is 3.10. The molecule has 0 unspecified atom stereocenters. The number of aromatic nitrogens is 1. The summed E-state index contributed by atoms with van der Waals surface area (Å²) in [4.78, 5) is 2.52. The highest BCUT2D eigenvalue weighted by Crippen LogP contribution is 2.29. The topological polar surface area (TPSA) is 29.4 Å². The van der Waals surface area contributed by atoms with E-state index in [0.29, 0.717) is 0 Å². The van der Waals surface area contributed by atoms with E-state index in [-0.39, 0.29) is 0 Å². The number of hydrogen-bond donors (Lipinski definition) is 1. The smallest absolute Gasteiger partial charge is 0.143 e. The number of para-hydroxylation sites is 1. The van der Waals surface area contributed by atoms with E-state index >= 15 is 0 Å². The molecule has 0 amide bonds. The third-order valence-corrected chi connectivity index (χ3v) is 4.10. The van der Waals surface area contributed by atoms with E-state index in [9.17, 15) is 0 Å². The van der Waals surface area contributed by atoms with Gasteiger partial charge in [0.25, 0.3) is 0 Å². The number of fused-ring (bicyclic) bond motifs is 1. The standard InChI is InChI=1S/C16H23N3O/c1-3-19-14(12-18-9-7-17-8-10-18)11-13-5-4-6-15(20-2)16(13)19/h4-6,11,17H,3,7-10,12H2,1-2H3. The van der Waals surface area contributed by atoms with Crippen molar-refractivity contribution in [2.75, 3.05) is 33.3 Å². The summed E-state index contributed by atoms with van der Waals surface area (Å²) in [5.41, 5.74) is 2.61. The SMILES string of the molecule is CCn1c(CN2CCNCC2)cc2cccc(OC)c21. The van der Waals surface area contributed by atoms with Gasteiger partial charge in [0.15, 0.2) is 0 Å². The molecule has 4 nitrogen and oxygen atoms in total. The number of rotatable bonds is 4. The van der Waals surface area contributed by atoms with E-state index in [1.807, 2.05) is 6.07 Å². The predicted octanol–water partition coefficient (Wildman–Crippen LogP) is 2.07. The van der Waals surface area contributed by atoms with Crippen LogP contribution in [0.4, 0.5) is 0 Å². The van der Waals surface area contributed by atoms with Crippen molar-refractivity contribution < 1.29 is 4.74 Å². The van der Waals surface area contributed by atoms with E-state index in [1.165, 1.54) is 16.6 Å². The van der Waals surface area contributed by atoms with Gasteiger partial charge in [0.1, 0.15) is 5.75 Å².